The van der Waals surface area contributed by atoms with Gasteiger partial charge in [0, 0.05) is 10.8 Å². The van der Waals surface area contributed by atoms with Crippen molar-refractivity contribution in [3.05, 3.63) is 38.5 Å². The molecule has 2 heterocycles. The lowest BCUT2D eigenvalue weighted by atomic mass is 9.98. The molecule has 0 aromatic carbocycles. The van der Waals surface area contributed by atoms with Crippen LogP contribution in [-0.4, -0.2) is 10.9 Å². The summed E-state index contributed by atoms with van der Waals surface area (Å²) in [7, 11) is 0. The largest absolute Gasteiger partial charge is 0.336 e. The van der Waals surface area contributed by atoms with E-state index < -0.39 is 6.04 Å². The quantitative estimate of drug-likeness (QED) is 0.939. The first-order valence-corrected chi connectivity index (χ1v) is 8.38. The van der Waals surface area contributed by atoms with Crippen molar-refractivity contribution >= 4 is 28.6 Å². The topological polar surface area (TPSA) is 65.8 Å². The van der Waals surface area contributed by atoms with E-state index in [0.29, 0.717) is 0 Å². The smallest absolute Gasteiger partial charge is 0.227 e. The van der Waals surface area contributed by atoms with Gasteiger partial charge in [-0.1, -0.05) is 20.8 Å². The van der Waals surface area contributed by atoms with Gasteiger partial charge in [0.1, 0.15) is 6.04 Å². The van der Waals surface area contributed by atoms with E-state index in [1.54, 1.807) is 11.3 Å². The van der Waals surface area contributed by atoms with Crippen LogP contribution in [0.25, 0.3) is 0 Å². The average Bonchev–Trinajstić information content (AvgIpc) is 3.05. The van der Waals surface area contributed by atoms with Crippen LogP contribution >= 0.6 is 22.7 Å². The highest BCUT2D eigenvalue weighted by molar-refractivity contribution is 7.09. The van der Waals surface area contributed by atoms with E-state index in [1.165, 1.54) is 11.3 Å². The molecule has 0 aliphatic rings. The first-order chi connectivity index (χ1) is 9.90. The molecule has 2 aromatic rings. The molecule has 0 aliphatic carbocycles. The maximum atomic E-state index is 12.0. The second-order valence-electron chi connectivity index (χ2n) is 5.76. The number of hydrogen-bond donors (Lipinski definition) is 1. The Kier molecular flexibility index (Phi) is 4.76. The number of thiazole rings is 1. The highest BCUT2D eigenvalue weighted by Gasteiger charge is 2.20. The van der Waals surface area contributed by atoms with Crippen molar-refractivity contribution in [2.45, 2.75) is 38.6 Å². The van der Waals surface area contributed by atoms with Crippen molar-refractivity contribution in [2.75, 3.05) is 0 Å². The van der Waals surface area contributed by atoms with Crippen LogP contribution in [0.2, 0.25) is 0 Å². The minimum absolute atomic E-state index is 0.00867. The molecule has 1 N–H and O–H groups in total. The molecule has 21 heavy (non-hydrogen) atoms. The van der Waals surface area contributed by atoms with Gasteiger partial charge in [0.25, 0.3) is 0 Å². The number of nitrogens with one attached hydrogen (secondary N) is 1. The standard InChI is InChI=1S/C15H17N3OS2/c1-15(2,3)14-17-11(9-21-14)6-13(19)18-12(7-16)10-4-5-20-8-10/h4-5,8-9,12H,6H2,1-3H3,(H,18,19). The number of nitrogens with zero attached hydrogens (tertiary/aromatic N) is 2. The van der Waals surface area contributed by atoms with E-state index in [4.69, 9.17) is 5.26 Å². The van der Waals surface area contributed by atoms with E-state index in [9.17, 15) is 4.79 Å². The summed E-state index contributed by atoms with van der Waals surface area (Å²) >= 11 is 3.07. The van der Waals surface area contributed by atoms with E-state index in [1.807, 2.05) is 22.2 Å². The zero-order valence-electron chi connectivity index (χ0n) is 12.2. The number of thiophene rings is 1. The molecule has 0 fully saturated rings. The summed E-state index contributed by atoms with van der Waals surface area (Å²) in [6.45, 7) is 6.29. The summed E-state index contributed by atoms with van der Waals surface area (Å²) < 4.78 is 0. The van der Waals surface area contributed by atoms with Crippen molar-refractivity contribution in [1.29, 1.82) is 5.26 Å². The number of carbonyl (C=O) groups excluding carboxylic acids is 1. The van der Waals surface area contributed by atoms with Gasteiger partial charge < -0.3 is 5.32 Å². The van der Waals surface area contributed by atoms with Gasteiger partial charge in [0.15, 0.2) is 0 Å². The van der Waals surface area contributed by atoms with Crippen molar-refractivity contribution in [2.24, 2.45) is 0 Å². The summed E-state index contributed by atoms with van der Waals surface area (Å²) in [5.41, 5.74) is 1.57. The molecule has 0 bridgehead atoms. The van der Waals surface area contributed by atoms with E-state index in [0.717, 1.165) is 16.3 Å². The molecule has 0 spiro atoms. The lowest BCUT2D eigenvalue weighted by molar-refractivity contribution is -0.120. The average molecular weight is 319 g/mol. The van der Waals surface area contributed by atoms with Gasteiger partial charge in [-0.25, -0.2) is 4.98 Å². The summed E-state index contributed by atoms with van der Waals surface area (Å²) in [5, 5.41) is 18.6. The number of hydrogen-bond acceptors (Lipinski definition) is 5. The fourth-order valence-electron chi connectivity index (χ4n) is 1.74. The van der Waals surface area contributed by atoms with E-state index >= 15 is 0 Å². The lowest BCUT2D eigenvalue weighted by Gasteiger charge is -2.13. The van der Waals surface area contributed by atoms with Gasteiger partial charge in [-0.2, -0.15) is 16.6 Å². The molecule has 0 saturated heterocycles. The summed E-state index contributed by atoms with van der Waals surface area (Å²) in [6, 6.07) is 3.36. The molecule has 0 aliphatic heterocycles. The van der Waals surface area contributed by atoms with Crippen LogP contribution in [0.5, 0.6) is 0 Å². The Hall–Kier alpha value is -1.71. The monoisotopic (exact) mass is 319 g/mol. The molecule has 6 heteroatoms. The van der Waals surface area contributed by atoms with Crippen LogP contribution in [0.15, 0.2) is 22.2 Å². The van der Waals surface area contributed by atoms with Crippen LogP contribution in [0.1, 0.15) is 43.1 Å². The van der Waals surface area contributed by atoms with Crippen molar-refractivity contribution < 1.29 is 4.79 Å². The third-order valence-electron chi connectivity index (χ3n) is 2.85. The van der Waals surface area contributed by atoms with Gasteiger partial charge in [0.2, 0.25) is 5.91 Å². The molecule has 2 aromatic heterocycles. The molecule has 1 amide bonds. The Morgan fingerprint density at radius 2 is 2.24 bits per heavy atom. The number of aromatic nitrogens is 1. The van der Waals surface area contributed by atoms with Gasteiger partial charge in [-0.05, 0) is 22.4 Å². The van der Waals surface area contributed by atoms with Crippen LogP contribution in [0, 0.1) is 11.3 Å². The number of rotatable bonds is 4. The minimum atomic E-state index is -0.593. The predicted octanol–water partition coefficient (Wildman–Crippen LogP) is 3.43. The molecule has 1 unspecified atom stereocenters. The van der Waals surface area contributed by atoms with Crippen LogP contribution in [0.4, 0.5) is 0 Å². The van der Waals surface area contributed by atoms with Gasteiger partial charge in [0.05, 0.1) is 23.2 Å². The maximum absolute atomic E-state index is 12.0. The second-order valence-corrected chi connectivity index (χ2v) is 7.40. The molecule has 0 saturated carbocycles. The van der Waals surface area contributed by atoms with Crippen LogP contribution in [-0.2, 0) is 16.6 Å². The Morgan fingerprint density at radius 1 is 1.48 bits per heavy atom. The maximum Gasteiger partial charge on any atom is 0.227 e. The molecular formula is C15H17N3OS2. The minimum Gasteiger partial charge on any atom is -0.336 e. The molecule has 1 atom stereocenters. The highest BCUT2D eigenvalue weighted by atomic mass is 32.1. The fourth-order valence-corrected chi connectivity index (χ4v) is 3.33. The number of carbonyl (C=O) groups is 1. The Balaban J connectivity index is 1.99. The van der Waals surface area contributed by atoms with Gasteiger partial charge in [-0.3, -0.25) is 4.79 Å². The lowest BCUT2D eigenvalue weighted by Crippen LogP contribution is -2.28. The SMILES string of the molecule is CC(C)(C)c1nc(CC(=O)NC(C#N)c2ccsc2)cs1. The molecular weight excluding hydrogens is 302 g/mol. The normalized spacial score (nSPS) is 12.7. The van der Waals surface area contributed by atoms with Crippen molar-refractivity contribution in [1.82, 2.24) is 10.3 Å². The molecule has 4 nitrogen and oxygen atoms in total. The van der Waals surface area contributed by atoms with Gasteiger partial charge >= 0.3 is 0 Å². The summed E-state index contributed by atoms with van der Waals surface area (Å²) in [5.74, 6) is -0.182. The van der Waals surface area contributed by atoms with Crippen LogP contribution in [0.3, 0.4) is 0 Å². The zero-order chi connectivity index (χ0) is 15.5. The summed E-state index contributed by atoms with van der Waals surface area (Å²) in [6.07, 6.45) is 0.203. The summed E-state index contributed by atoms with van der Waals surface area (Å²) in [4.78, 5) is 16.5. The number of nitriles is 1. The second kappa shape index (κ2) is 6.37. The van der Waals surface area contributed by atoms with Crippen LogP contribution < -0.4 is 5.32 Å². The third kappa shape index (κ3) is 4.13. The van der Waals surface area contributed by atoms with E-state index in [-0.39, 0.29) is 17.7 Å². The molecule has 2 rings (SSSR count). The zero-order valence-corrected chi connectivity index (χ0v) is 13.8. The highest BCUT2D eigenvalue weighted by Crippen LogP contribution is 2.25. The van der Waals surface area contributed by atoms with E-state index in [2.05, 4.69) is 37.1 Å². The third-order valence-corrected chi connectivity index (χ3v) is 4.86. The molecule has 0 radical (unpaired) electrons. The van der Waals surface area contributed by atoms with Gasteiger partial charge in [-0.15, -0.1) is 11.3 Å². The first kappa shape index (κ1) is 15.7. The Labute approximate surface area is 132 Å². The fraction of sp³-hybridized carbons (Fsp3) is 0.400. The van der Waals surface area contributed by atoms with Crippen molar-refractivity contribution in [3.8, 4) is 6.07 Å². The van der Waals surface area contributed by atoms with Crippen molar-refractivity contribution in [3.63, 3.8) is 0 Å². The first-order valence-electron chi connectivity index (χ1n) is 6.56. The number of amides is 1. The Morgan fingerprint density at radius 3 is 2.76 bits per heavy atom. The Bertz CT molecular complexity index is 647. The predicted molar refractivity (Wildman–Crippen MR) is 85.3 cm³/mol. The molecule has 110 valence electrons.